The summed E-state index contributed by atoms with van der Waals surface area (Å²) in [5, 5.41) is 0. The minimum Gasteiger partial charge on any atom is -0.0812 e. The monoisotopic (exact) mass is 462 g/mol. The zero-order valence-electron chi connectivity index (χ0n) is 10.2. The van der Waals surface area contributed by atoms with Crippen LogP contribution in [0.2, 0.25) is 0 Å². The first-order valence-electron chi connectivity index (χ1n) is 6.09. The molecule has 0 saturated carbocycles. The van der Waals surface area contributed by atoms with Gasteiger partial charge >= 0.3 is 0 Å². The Morgan fingerprint density at radius 2 is 1.00 bits per heavy atom. The predicted molar refractivity (Wildman–Crippen MR) is 95.7 cm³/mol. The van der Waals surface area contributed by atoms with Crippen LogP contribution in [0, 0.1) is 0 Å². The molecule has 0 saturated heterocycles. The van der Waals surface area contributed by atoms with Crippen LogP contribution in [0.15, 0.2) is 48.5 Å². The van der Waals surface area contributed by atoms with Crippen molar-refractivity contribution < 1.29 is 0 Å². The van der Waals surface area contributed by atoms with Crippen molar-refractivity contribution in [2.24, 2.45) is 0 Å². The number of hydrogen-bond acceptors (Lipinski definition) is 0. The number of aryl methyl sites for hydroxylation is 2. The first-order valence-corrected chi connectivity index (χ1v) is 9.14. The molecule has 0 spiro atoms. The Morgan fingerprint density at radius 3 is 1.39 bits per heavy atom. The van der Waals surface area contributed by atoms with Gasteiger partial charge in [-0.05, 0) is 35.1 Å². The molecule has 0 fully saturated rings. The molecule has 0 aliphatic rings. The molecule has 94 valence electrons. The summed E-state index contributed by atoms with van der Waals surface area (Å²) in [4.78, 5) is 0. The SMILES string of the molecule is ICc1cccc(CCc2cccc(CI)c2)c1. The second-order valence-corrected chi connectivity index (χ2v) is 5.93. The fraction of sp³-hybridized carbons (Fsp3) is 0.250. The predicted octanol–water partition coefficient (Wildman–Crippen LogP) is 5.34. The van der Waals surface area contributed by atoms with Crippen molar-refractivity contribution in [1.82, 2.24) is 0 Å². The van der Waals surface area contributed by atoms with E-state index < -0.39 is 0 Å². The van der Waals surface area contributed by atoms with E-state index in [-0.39, 0.29) is 0 Å². The molecule has 2 aromatic rings. The van der Waals surface area contributed by atoms with Crippen molar-refractivity contribution in [3.05, 3.63) is 70.8 Å². The highest BCUT2D eigenvalue weighted by atomic mass is 127. The van der Waals surface area contributed by atoms with Crippen molar-refractivity contribution in [2.75, 3.05) is 0 Å². The second kappa shape index (κ2) is 7.48. The number of hydrogen-bond donors (Lipinski definition) is 0. The Labute approximate surface area is 136 Å². The van der Waals surface area contributed by atoms with Crippen molar-refractivity contribution >= 4 is 45.2 Å². The lowest BCUT2D eigenvalue weighted by atomic mass is 10.0. The van der Waals surface area contributed by atoms with E-state index in [4.69, 9.17) is 0 Å². The van der Waals surface area contributed by atoms with Crippen LogP contribution in [0.1, 0.15) is 22.3 Å². The first-order chi connectivity index (χ1) is 8.81. The highest BCUT2D eigenvalue weighted by molar-refractivity contribution is 14.1. The van der Waals surface area contributed by atoms with E-state index in [0.717, 1.165) is 21.7 Å². The lowest BCUT2D eigenvalue weighted by molar-refractivity contribution is 0.955. The van der Waals surface area contributed by atoms with Crippen LogP contribution in [0.3, 0.4) is 0 Å². The zero-order chi connectivity index (χ0) is 12.8. The molecule has 0 aliphatic carbocycles. The van der Waals surface area contributed by atoms with Crippen molar-refractivity contribution in [2.45, 2.75) is 21.7 Å². The summed E-state index contributed by atoms with van der Waals surface area (Å²) in [7, 11) is 0. The molecule has 2 rings (SSSR count). The maximum atomic E-state index is 2.42. The standard InChI is InChI=1S/C16H16I2/c17-11-15-5-1-3-13(9-15)7-8-14-4-2-6-16(10-14)12-18/h1-6,9-10H,7-8,11-12H2. The van der Waals surface area contributed by atoms with E-state index in [1.54, 1.807) is 0 Å². The van der Waals surface area contributed by atoms with Gasteiger partial charge < -0.3 is 0 Å². The van der Waals surface area contributed by atoms with E-state index in [1.165, 1.54) is 22.3 Å². The quantitative estimate of drug-likeness (QED) is 0.416. The second-order valence-electron chi connectivity index (χ2n) is 4.41. The van der Waals surface area contributed by atoms with Gasteiger partial charge in [0.15, 0.2) is 0 Å². The van der Waals surface area contributed by atoms with E-state index in [2.05, 4.69) is 93.7 Å². The molecule has 0 heterocycles. The fourth-order valence-electron chi connectivity index (χ4n) is 2.03. The third-order valence-corrected chi connectivity index (χ3v) is 4.76. The van der Waals surface area contributed by atoms with Crippen LogP contribution >= 0.6 is 45.2 Å². The summed E-state index contributed by atoms with van der Waals surface area (Å²) in [5.41, 5.74) is 5.75. The molecule has 18 heavy (non-hydrogen) atoms. The molecule has 0 nitrogen and oxygen atoms in total. The lowest BCUT2D eigenvalue weighted by Gasteiger charge is -2.05. The van der Waals surface area contributed by atoms with E-state index in [0.29, 0.717) is 0 Å². The molecule has 0 unspecified atom stereocenters. The Kier molecular flexibility index (Phi) is 5.95. The first kappa shape index (κ1) is 14.3. The molecule has 0 N–H and O–H groups in total. The van der Waals surface area contributed by atoms with Crippen LogP contribution in [0.4, 0.5) is 0 Å². The summed E-state index contributed by atoms with van der Waals surface area (Å²) >= 11 is 4.84. The largest absolute Gasteiger partial charge is 0.0812 e. The van der Waals surface area contributed by atoms with Gasteiger partial charge in [-0.25, -0.2) is 0 Å². The van der Waals surface area contributed by atoms with Crippen LogP contribution in [-0.2, 0) is 21.7 Å². The van der Waals surface area contributed by atoms with Gasteiger partial charge in [0, 0.05) is 8.86 Å². The molecule has 0 radical (unpaired) electrons. The normalized spacial score (nSPS) is 10.6. The maximum absolute atomic E-state index is 2.42. The summed E-state index contributed by atoms with van der Waals surface area (Å²) in [6, 6.07) is 17.9. The summed E-state index contributed by atoms with van der Waals surface area (Å²) in [5.74, 6) is 0. The van der Waals surface area contributed by atoms with Gasteiger partial charge in [-0.15, -0.1) is 0 Å². The minimum atomic E-state index is 1.09. The van der Waals surface area contributed by atoms with Gasteiger partial charge in [0.2, 0.25) is 0 Å². The third kappa shape index (κ3) is 4.23. The molecule has 0 amide bonds. The zero-order valence-corrected chi connectivity index (χ0v) is 14.5. The maximum Gasteiger partial charge on any atom is 0.0247 e. The average molecular weight is 462 g/mol. The molecule has 2 heteroatoms. The number of alkyl halides is 2. The van der Waals surface area contributed by atoms with Crippen LogP contribution in [-0.4, -0.2) is 0 Å². The number of rotatable bonds is 5. The summed E-state index contributed by atoms with van der Waals surface area (Å²) in [6.45, 7) is 0. The highest BCUT2D eigenvalue weighted by Gasteiger charge is 1.98. The van der Waals surface area contributed by atoms with Crippen molar-refractivity contribution in [1.29, 1.82) is 0 Å². The lowest BCUT2D eigenvalue weighted by Crippen LogP contribution is -1.93. The molecule has 0 bridgehead atoms. The molecule has 0 aliphatic heterocycles. The summed E-state index contributed by atoms with van der Waals surface area (Å²) in [6.07, 6.45) is 2.27. The smallest absolute Gasteiger partial charge is 0.0247 e. The Bertz CT molecular complexity index is 458. The van der Waals surface area contributed by atoms with Gasteiger partial charge in [0.05, 0.1) is 0 Å². The molecule has 2 aromatic carbocycles. The van der Waals surface area contributed by atoms with Crippen LogP contribution < -0.4 is 0 Å². The Balaban J connectivity index is 2.01. The van der Waals surface area contributed by atoms with Crippen molar-refractivity contribution in [3.63, 3.8) is 0 Å². The average Bonchev–Trinajstić information content (AvgIpc) is 2.45. The Morgan fingerprint density at radius 1 is 0.611 bits per heavy atom. The number of benzene rings is 2. The number of halogens is 2. The molecular formula is C16H16I2. The molecule has 0 aromatic heterocycles. The topological polar surface area (TPSA) is 0 Å². The van der Waals surface area contributed by atoms with Gasteiger partial charge in [-0.3, -0.25) is 0 Å². The van der Waals surface area contributed by atoms with E-state index in [1.807, 2.05) is 0 Å². The van der Waals surface area contributed by atoms with Gasteiger partial charge in [0.25, 0.3) is 0 Å². The van der Waals surface area contributed by atoms with Crippen molar-refractivity contribution in [3.8, 4) is 0 Å². The van der Waals surface area contributed by atoms with Gasteiger partial charge in [-0.2, -0.15) is 0 Å². The molecular weight excluding hydrogens is 446 g/mol. The summed E-state index contributed by atoms with van der Waals surface area (Å²) < 4.78 is 2.19. The van der Waals surface area contributed by atoms with Gasteiger partial charge in [0.1, 0.15) is 0 Å². The third-order valence-electron chi connectivity index (χ3n) is 2.99. The van der Waals surface area contributed by atoms with Crippen LogP contribution in [0.5, 0.6) is 0 Å². The van der Waals surface area contributed by atoms with E-state index in [9.17, 15) is 0 Å². The van der Waals surface area contributed by atoms with E-state index >= 15 is 0 Å². The fourth-order valence-corrected chi connectivity index (χ4v) is 2.97. The van der Waals surface area contributed by atoms with Crippen LogP contribution in [0.25, 0.3) is 0 Å². The Hall–Kier alpha value is -0.100. The minimum absolute atomic E-state index is 1.09. The molecule has 0 atom stereocenters. The highest BCUT2D eigenvalue weighted by Crippen LogP contribution is 2.14. The van der Waals surface area contributed by atoms with Gasteiger partial charge in [-0.1, -0.05) is 93.7 Å².